The van der Waals surface area contributed by atoms with Gasteiger partial charge in [0.1, 0.15) is 11.8 Å². The van der Waals surface area contributed by atoms with Gasteiger partial charge in [-0.3, -0.25) is 9.59 Å². The minimum atomic E-state index is -0.442. The van der Waals surface area contributed by atoms with E-state index in [9.17, 15) is 9.59 Å². The lowest BCUT2D eigenvalue weighted by molar-refractivity contribution is -0.129. The van der Waals surface area contributed by atoms with Gasteiger partial charge in [0.25, 0.3) is 5.91 Å². The van der Waals surface area contributed by atoms with Crippen LogP contribution in [-0.4, -0.2) is 31.0 Å². The van der Waals surface area contributed by atoms with Crippen molar-refractivity contribution in [1.82, 2.24) is 10.6 Å². The largest absolute Gasteiger partial charge is 0.484 e. The van der Waals surface area contributed by atoms with Gasteiger partial charge in [-0.25, -0.2) is 0 Å². The topological polar surface area (TPSA) is 67.4 Å². The summed E-state index contributed by atoms with van der Waals surface area (Å²) in [5.74, 6) is 0.324. The summed E-state index contributed by atoms with van der Waals surface area (Å²) in [6.45, 7) is 4.56. The molecule has 0 spiro atoms. The van der Waals surface area contributed by atoms with Crippen molar-refractivity contribution in [3.63, 3.8) is 0 Å². The first kappa shape index (κ1) is 15.4. The van der Waals surface area contributed by atoms with E-state index >= 15 is 0 Å². The second-order valence-electron chi connectivity index (χ2n) is 5.46. The standard InChI is InChI=1S/C16H22N2O3/c1-11-6-7-14(12(2)9-11)21-10-15(19)18-13-5-3-4-8-17-16(13)20/h6-7,9,13H,3-5,8,10H2,1-2H3,(H,17,20)(H,18,19)/t13-/m1/s1. The fraction of sp³-hybridized carbons (Fsp3) is 0.500. The molecule has 5 nitrogen and oxygen atoms in total. The quantitative estimate of drug-likeness (QED) is 0.882. The highest BCUT2D eigenvalue weighted by molar-refractivity contribution is 5.88. The predicted molar refractivity (Wildman–Crippen MR) is 80.2 cm³/mol. The van der Waals surface area contributed by atoms with Crippen LogP contribution in [0, 0.1) is 13.8 Å². The molecule has 1 aromatic rings. The lowest BCUT2D eigenvalue weighted by Crippen LogP contribution is -2.46. The van der Waals surface area contributed by atoms with Crippen LogP contribution < -0.4 is 15.4 Å². The summed E-state index contributed by atoms with van der Waals surface area (Å²) < 4.78 is 5.52. The molecule has 1 atom stereocenters. The Hall–Kier alpha value is -2.04. The first-order chi connectivity index (χ1) is 10.1. The van der Waals surface area contributed by atoms with Gasteiger partial charge in [0.2, 0.25) is 5.91 Å². The Morgan fingerprint density at radius 2 is 2.19 bits per heavy atom. The second-order valence-corrected chi connectivity index (χ2v) is 5.46. The molecule has 2 rings (SSSR count). The Kier molecular flexibility index (Phi) is 5.20. The van der Waals surface area contributed by atoms with E-state index in [2.05, 4.69) is 10.6 Å². The van der Waals surface area contributed by atoms with Crippen molar-refractivity contribution < 1.29 is 14.3 Å². The number of carbonyl (C=O) groups is 2. The molecule has 21 heavy (non-hydrogen) atoms. The van der Waals surface area contributed by atoms with E-state index in [1.54, 1.807) is 0 Å². The van der Waals surface area contributed by atoms with Crippen LogP contribution in [0.1, 0.15) is 30.4 Å². The third kappa shape index (κ3) is 4.48. The van der Waals surface area contributed by atoms with Gasteiger partial charge in [0.05, 0.1) is 0 Å². The number of nitrogens with one attached hydrogen (secondary N) is 2. The number of carbonyl (C=O) groups excluding carboxylic acids is 2. The van der Waals surface area contributed by atoms with Crippen molar-refractivity contribution in [2.45, 2.75) is 39.2 Å². The molecule has 5 heteroatoms. The van der Waals surface area contributed by atoms with Crippen molar-refractivity contribution in [3.8, 4) is 5.75 Å². The molecule has 1 aromatic carbocycles. The Labute approximate surface area is 125 Å². The molecule has 0 aliphatic carbocycles. The lowest BCUT2D eigenvalue weighted by atomic mass is 10.1. The summed E-state index contributed by atoms with van der Waals surface area (Å²) >= 11 is 0. The Bertz CT molecular complexity index is 528. The number of amides is 2. The zero-order chi connectivity index (χ0) is 15.2. The van der Waals surface area contributed by atoms with Gasteiger partial charge in [0, 0.05) is 6.54 Å². The summed E-state index contributed by atoms with van der Waals surface area (Å²) in [4.78, 5) is 23.7. The smallest absolute Gasteiger partial charge is 0.258 e. The molecule has 0 unspecified atom stereocenters. The molecule has 0 radical (unpaired) electrons. The molecule has 2 N–H and O–H groups in total. The van der Waals surface area contributed by atoms with Crippen LogP contribution in [0.25, 0.3) is 0 Å². The number of rotatable bonds is 4. The number of hydrogen-bond donors (Lipinski definition) is 2. The van der Waals surface area contributed by atoms with Gasteiger partial charge in [-0.2, -0.15) is 0 Å². The number of aryl methyl sites for hydroxylation is 2. The maximum atomic E-state index is 11.9. The van der Waals surface area contributed by atoms with E-state index in [-0.39, 0.29) is 18.4 Å². The average Bonchev–Trinajstić information content (AvgIpc) is 2.63. The van der Waals surface area contributed by atoms with Crippen LogP contribution in [0.4, 0.5) is 0 Å². The summed E-state index contributed by atoms with van der Waals surface area (Å²) in [6, 6.07) is 5.36. The maximum absolute atomic E-state index is 11.9. The van der Waals surface area contributed by atoms with E-state index in [1.165, 1.54) is 0 Å². The van der Waals surface area contributed by atoms with Crippen LogP contribution in [0.15, 0.2) is 18.2 Å². The molecule has 1 saturated heterocycles. The Morgan fingerprint density at radius 1 is 1.38 bits per heavy atom. The summed E-state index contributed by atoms with van der Waals surface area (Å²) in [7, 11) is 0. The molecule has 2 amide bonds. The third-order valence-electron chi connectivity index (χ3n) is 3.56. The van der Waals surface area contributed by atoms with Crippen LogP contribution in [0.3, 0.4) is 0 Å². The van der Waals surface area contributed by atoms with Gasteiger partial charge in [-0.05, 0) is 44.7 Å². The van der Waals surface area contributed by atoms with Crippen molar-refractivity contribution in [3.05, 3.63) is 29.3 Å². The third-order valence-corrected chi connectivity index (χ3v) is 3.56. The summed E-state index contributed by atoms with van der Waals surface area (Å²) in [6.07, 6.45) is 2.57. The first-order valence-corrected chi connectivity index (χ1v) is 7.33. The van der Waals surface area contributed by atoms with E-state index in [0.29, 0.717) is 18.7 Å². The molecule has 1 aliphatic heterocycles. The highest BCUT2D eigenvalue weighted by atomic mass is 16.5. The highest BCUT2D eigenvalue weighted by Gasteiger charge is 2.22. The van der Waals surface area contributed by atoms with E-state index in [1.807, 2.05) is 32.0 Å². The fourth-order valence-corrected chi connectivity index (χ4v) is 2.42. The van der Waals surface area contributed by atoms with Crippen molar-refractivity contribution in [2.75, 3.05) is 13.2 Å². The maximum Gasteiger partial charge on any atom is 0.258 e. The van der Waals surface area contributed by atoms with E-state index in [0.717, 1.165) is 24.0 Å². The van der Waals surface area contributed by atoms with Gasteiger partial charge in [0.15, 0.2) is 6.61 Å². The predicted octanol–water partition coefficient (Wildman–Crippen LogP) is 1.47. The molecular weight excluding hydrogens is 268 g/mol. The Morgan fingerprint density at radius 3 is 2.95 bits per heavy atom. The highest BCUT2D eigenvalue weighted by Crippen LogP contribution is 2.18. The first-order valence-electron chi connectivity index (χ1n) is 7.33. The molecule has 0 saturated carbocycles. The van der Waals surface area contributed by atoms with Crippen LogP contribution in [0.5, 0.6) is 5.75 Å². The lowest BCUT2D eigenvalue weighted by Gasteiger charge is -2.16. The molecule has 1 heterocycles. The minimum absolute atomic E-state index is 0.0757. The minimum Gasteiger partial charge on any atom is -0.484 e. The van der Waals surface area contributed by atoms with Crippen LogP contribution >= 0.6 is 0 Å². The van der Waals surface area contributed by atoms with Crippen LogP contribution in [0.2, 0.25) is 0 Å². The van der Waals surface area contributed by atoms with Gasteiger partial charge in [-0.1, -0.05) is 17.7 Å². The van der Waals surface area contributed by atoms with Crippen LogP contribution in [-0.2, 0) is 9.59 Å². The van der Waals surface area contributed by atoms with E-state index in [4.69, 9.17) is 4.74 Å². The summed E-state index contributed by atoms with van der Waals surface area (Å²) in [5.41, 5.74) is 2.15. The molecule has 0 bridgehead atoms. The molecular formula is C16H22N2O3. The van der Waals surface area contributed by atoms with Gasteiger partial charge < -0.3 is 15.4 Å². The number of hydrogen-bond acceptors (Lipinski definition) is 3. The molecule has 1 aliphatic rings. The number of benzene rings is 1. The summed E-state index contributed by atoms with van der Waals surface area (Å²) in [5, 5.41) is 5.53. The van der Waals surface area contributed by atoms with Crippen molar-refractivity contribution in [1.29, 1.82) is 0 Å². The molecule has 1 fully saturated rings. The normalized spacial score (nSPS) is 18.6. The zero-order valence-electron chi connectivity index (χ0n) is 12.6. The van der Waals surface area contributed by atoms with Gasteiger partial charge in [-0.15, -0.1) is 0 Å². The number of ether oxygens (including phenoxy) is 1. The van der Waals surface area contributed by atoms with Crippen molar-refractivity contribution in [2.24, 2.45) is 0 Å². The molecule has 0 aromatic heterocycles. The average molecular weight is 290 g/mol. The van der Waals surface area contributed by atoms with E-state index < -0.39 is 6.04 Å². The van der Waals surface area contributed by atoms with Crippen molar-refractivity contribution >= 4 is 11.8 Å². The molecule has 114 valence electrons. The van der Waals surface area contributed by atoms with Gasteiger partial charge >= 0.3 is 0 Å². The second kappa shape index (κ2) is 7.11. The SMILES string of the molecule is Cc1ccc(OCC(=O)N[C@@H]2CCCCNC2=O)c(C)c1. The fourth-order valence-electron chi connectivity index (χ4n) is 2.42. The monoisotopic (exact) mass is 290 g/mol. The Balaban J connectivity index is 1.85. The zero-order valence-corrected chi connectivity index (χ0v) is 12.6.